The number of hydrogen-bond acceptors (Lipinski definition) is 4. The van der Waals surface area contributed by atoms with Crippen LogP contribution < -0.4 is 4.74 Å². The third-order valence-electron chi connectivity index (χ3n) is 3.85. The molecule has 1 fully saturated rings. The Morgan fingerprint density at radius 1 is 1.35 bits per heavy atom. The Kier molecular flexibility index (Phi) is 5.83. The summed E-state index contributed by atoms with van der Waals surface area (Å²) in [7, 11) is 2.07. The molecule has 4 nitrogen and oxygen atoms in total. The van der Waals surface area contributed by atoms with E-state index in [0.29, 0.717) is 19.2 Å². The minimum atomic E-state index is -0.523. The van der Waals surface area contributed by atoms with Gasteiger partial charge in [-0.1, -0.05) is 18.2 Å². The van der Waals surface area contributed by atoms with Gasteiger partial charge in [0.1, 0.15) is 5.75 Å². The van der Waals surface area contributed by atoms with Gasteiger partial charge in [0.25, 0.3) is 0 Å². The average molecular weight is 279 g/mol. The van der Waals surface area contributed by atoms with Crippen molar-refractivity contribution in [2.24, 2.45) is 0 Å². The molecule has 0 amide bonds. The van der Waals surface area contributed by atoms with E-state index in [-0.39, 0.29) is 0 Å². The molecule has 1 heterocycles. The molecule has 0 aromatic heterocycles. The fourth-order valence-corrected chi connectivity index (χ4v) is 2.69. The van der Waals surface area contributed by atoms with Crippen molar-refractivity contribution >= 4 is 0 Å². The Hall–Kier alpha value is -1.10. The van der Waals surface area contributed by atoms with Gasteiger partial charge in [-0.25, -0.2) is 0 Å². The summed E-state index contributed by atoms with van der Waals surface area (Å²) in [6.07, 6.45) is 1.55. The second-order valence-corrected chi connectivity index (χ2v) is 5.27. The van der Waals surface area contributed by atoms with E-state index in [1.165, 1.54) is 0 Å². The van der Waals surface area contributed by atoms with Gasteiger partial charge in [-0.15, -0.1) is 0 Å². The van der Waals surface area contributed by atoms with E-state index >= 15 is 0 Å². The van der Waals surface area contributed by atoms with Crippen molar-refractivity contribution in [1.29, 1.82) is 0 Å². The van der Waals surface area contributed by atoms with Gasteiger partial charge >= 0.3 is 0 Å². The fraction of sp³-hybridized carbons (Fsp3) is 0.625. The van der Waals surface area contributed by atoms with Crippen molar-refractivity contribution in [3.63, 3.8) is 0 Å². The predicted octanol–water partition coefficient (Wildman–Crippen LogP) is 2.23. The number of nitrogens with zero attached hydrogens (tertiary/aromatic N) is 1. The zero-order valence-corrected chi connectivity index (χ0v) is 12.4. The summed E-state index contributed by atoms with van der Waals surface area (Å²) in [4.78, 5) is 2.23. The second kappa shape index (κ2) is 7.62. The summed E-state index contributed by atoms with van der Waals surface area (Å²) < 4.78 is 11.0. The lowest BCUT2D eigenvalue weighted by atomic mass is 10.0. The molecule has 4 heteroatoms. The van der Waals surface area contributed by atoms with E-state index < -0.39 is 6.10 Å². The third-order valence-corrected chi connectivity index (χ3v) is 3.85. The van der Waals surface area contributed by atoms with E-state index in [2.05, 4.69) is 11.9 Å². The van der Waals surface area contributed by atoms with Crippen LogP contribution in [-0.4, -0.2) is 49.5 Å². The van der Waals surface area contributed by atoms with Crippen LogP contribution in [0.5, 0.6) is 5.75 Å². The van der Waals surface area contributed by atoms with Crippen LogP contribution in [0.3, 0.4) is 0 Å². The molecule has 1 aromatic rings. The largest absolute Gasteiger partial charge is 0.493 e. The highest BCUT2D eigenvalue weighted by Crippen LogP contribution is 2.26. The maximum absolute atomic E-state index is 10.5. The number of benzene rings is 1. The van der Waals surface area contributed by atoms with E-state index in [1.54, 1.807) is 0 Å². The van der Waals surface area contributed by atoms with Crippen molar-refractivity contribution in [1.82, 2.24) is 4.90 Å². The summed E-state index contributed by atoms with van der Waals surface area (Å²) in [6.45, 7) is 4.83. The Morgan fingerprint density at radius 3 is 2.75 bits per heavy atom. The third kappa shape index (κ3) is 3.95. The highest BCUT2D eigenvalue weighted by molar-refractivity contribution is 5.35. The monoisotopic (exact) mass is 279 g/mol. The molecule has 0 spiro atoms. The average Bonchev–Trinajstić information content (AvgIpc) is 2.49. The summed E-state index contributed by atoms with van der Waals surface area (Å²) in [5.41, 5.74) is 0.869. The fourth-order valence-electron chi connectivity index (χ4n) is 2.69. The molecule has 0 saturated carbocycles. The van der Waals surface area contributed by atoms with Crippen LogP contribution in [-0.2, 0) is 4.74 Å². The molecule has 1 aliphatic heterocycles. The lowest BCUT2D eigenvalue weighted by Gasteiger charge is -2.32. The summed E-state index contributed by atoms with van der Waals surface area (Å²) in [5.74, 6) is 0.780. The van der Waals surface area contributed by atoms with Crippen LogP contribution >= 0.6 is 0 Å². The minimum absolute atomic E-state index is 0.498. The molecule has 1 unspecified atom stereocenters. The molecule has 1 saturated heterocycles. The molecule has 0 bridgehead atoms. The van der Waals surface area contributed by atoms with Crippen molar-refractivity contribution in [2.45, 2.75) is 31.9 Å². The molecule has 1 atom stereocenters. The van der Waals surface area contributed by atoms with Gasteiger partial charge < -0.3 is 19.5 Å². The number of aliphatic hydroxyl groups is 1. The van der Waals surface area contributed by atoms with Gasteiger partial charge in [0.2, 0.25) is 0 Å². The maximum Gasteiger partial charge on any atom is 0.125 e. The Balaban J connectivity index is 1.98. The van der Waals surface area contributed by atoms with Crippen molar-refractivity contribution in [2.75, 3.05) is 33.4 Å². The maximum atomic E-state index is 10.5. The van der Waals surface area contributed by atoms with E-state index in [0.717, 1.165) is 37.4 Å². The quantitative estimate of drug-likeness (QED) is 0.867. The Labute approximate surface area is 121 Å². The van der Waals surface area contributed by atoms with Gasteiger partial charge in [-0.2, -0.15) is 0 Å². The lowest BCUT2D eigenvalue weighted by molar-refractivity contribution is 0.0248. The van der Waals surface area contributed by atoms with Crippen LogP contribution in [0, 0.1) is 0 Å². The SMILES string of the molecule is CCOc1ccccc1C(O)CN(C)C1CCOCC1. The molecule has 112 valence electrons. The first-order valence-electron chi connectivity index (χ1n) is 7.40. The van der Waals surface area contributed by atoms with Crippen LogP contribution in [0.1, 0.15) is 31.4 Å². The molecular formula is C16H25NO3. The van der Waals surface area contributed by atoms with Crippen LogP contribution in [0.15, 0.2) is 24.3 Å². The topological polar surface area (TPSA) is 41.9 Å². The standard InChI is InChI=1S/C16H25NO3/c1-3-20-16-7-5-4-6-14(16)15(18)12-17(2)13-8-10-19-11-9-13/h4-7,13,15,18H,3,8-12H2,1-2H3. The second-order valence-electron chi connectivity index (χ2n) is 5.27. The van der Waals surface area contributed by atoms with Crippen LogP contribution in [0.2, 0.25) is 0 Å². The number of rotatable bonds is 6. The molecule has 0 aliphatic carbocycles. The number of para-hydroxylation sites is 1. The zero-order valence-electron chi connectivity index (χ0n) is 12.4. The summed E-state index contributed by atoms with van der Waals surface area (Å²) >= 11 is 0. The van der Waals surface area contributed by atoms with Crippen LogP contribution in [0.25, 0.3) is 0 Å². The van der Waals surface area contributed by atoms with Crippen molar-refractivity contribution < 1.29 is 14.6 Å². The molecule has 1 aromatic carbocycles. The predicted molar refractivity (Wildman–Crippen MR) is 79.0 cm³/mol. The summed E-state index contributed by atoms with van der Waals surface area (Å²) in [5, 5.41) is 10.5. The highest BCUT2D eigenvalue weighted by atomic mass is 16.5. The van der Waals surface area contributed by atoms with Gasteiger partial charge in [0.15, 0.2) is 0 Å². The molecule has 20 heavy (non-hydrogen) atoms. The van der Waals surface area contributed by atoms with Gasteiger partial charge in [-0.3, -0.25) is 0 Å². The van der Waals surface area contributed by atoms with Crippen LogP contribution in [0.4, 0.5) is 0 Å². The lowest BCUT2D eigenvalue weighted by Crippen LogP contribution is -2.39. The molecule has 0 radical (unpaired) electrons. The van der Waals surface area contributed by atoms with E-state index in [9.17, 15) is 5.11 Å². The number of likely N-dealkylation sites (N-methyl/N-ethyl adjacent to an activating group) is 1. The first-order chi connectivity index (χ1) is 9.72. The van der Waals surface area contributed by atoms with Gasteiger partial charge in [-0.05, 0) is 32.9 Å². The molecular weight excluding hydrogens is 254 g/mol. The highest BCUT2D eigenvalue weighted by Gasteiger charge is 2.22. The summed E-state index contributed by atoms with van der Waals surface area (Å²) in [6, 6.07) is 8.22. The zero-order chi connectivity index (χ0) is 14.4. The Morgan fingerprint density at radius 2 is 2.05 bits per heavy atom. The Bertz CT molecular complexity index is 404. The minimum Gasteiger partial charge on any atom is -0.493 e. The first-order valence-corrected chi connectivity index (χ1v) is 7.40. The number of aliphatic hydroxyl groups excluding tert-OH is 1. The number of ether oxygens (including phenoxy) is 2. The molecule has 2 rings (SSSR count). The van der Waals surface area contributed by atoms with Crippen molar-refractivity contribution in [3.05, 3.63) is 29.8 Å². The smallest absolute Gasteiger partial charge is 0.125 e. The van der Waals surface area contributed by atoms with Gasteiger partial charge in [0, 0.05) is 31.4 Å². The number of hydrogen-bond donors (Lipinski definition) is 1. The molecule has 1 aliphatic rings. The van der Waals surface area contributed by atoms with E-state index in [4.69, 9.17) is 9.47 Å². The van der Waals surface area contributed by atoms with Crippen molar-refractivity contribution in [3.8, 4) is 5.75 Å². The van der Waals surface area contributed by atoms with Gasteiger partial charge in [0.05, 0.1) is 12.7 Å². The van der Waals surface area contributed by atoms with E-state index in [1.807, 2.05) is 31.2 Å². The first kappa shape index (κ1) is 15.3. The normalized spacial score (nSPS) is 18.2. The molecule has 1 N–H and O–H groups in total.